The molecule has 2 nitrogen and oxygen atoms in total. The van der Waals surface area contributed by atoms with Crippen molar-refractivity contribution in [2.75, 3.05) is 7.11 Å². The van der Waals surface area contributed by atoms with Crippen molar-refractivity contribution in [1.82, 2.24) is 4.40 Å². The first-order chi connectivity index (χ1) is 15.3. The van der Waals surface area contributed by atoms with Gasteiger partial charge in [-0.3, -0.25) is 0 Å². The van der Waals surface area contributed by atoms with Crippen molar-refractivity contribution < 1.29 is 4.74 Å². The molecule has 0 aliphatic carbocycles. The van der Waals surface area contributed by atoms with E-state index in [1.54, 1.807) is 7.11 Å². The Kier molecular flexibility index (Phi) is 4.03. The van der Waals surface area contributed by atoms with Crippen LogP contribution in [-0.4, -0.2) is 11.5 Å². The quantitative estimate of drug-likeness (QED) is 0.299. The average molecular weight is 399 g/mol. The number of methoxy groups -OCH3 is 1. The molecule has 2 heterocycles. The highest BCUT2D eigenvalue weighted by molar-refractivity contribution is 6.13. The van der Waals surface area contributed by atoms with Gasteiger partial charge in [0.15, 0.2) is 0 Å². The van der Waals surface area contributed by atoms with Gasteiger partial charge in [-0.1, -0.05) is 84.9 Å². The van der Waals surface area contributed by atoms with Gasteiger partial charge >= 0.3 is 0 Å². The number of hydrogen-bond donors (Lipinski definition) is 0. The summed E-state index contributed by atoms with van der Waals surface area (Å²) in [5, 5.41) is 3.68. The van der Waals surface area contributed by atoms with Crippen LogP contribution in [0.15, 0.2) is 109 Å². The number of aromatic nitrogens is 1. The summed E-state index contributed by atoms with van der Waals surface area (Å²) in [6, 6.07) is 38.7. The number of fused-ring (bicyclic) bond motifs is 5. The van der Waals surface area contributed by atoms with Crippen LogP contribution in [0, 0.1) is 0 Å². The molecule has 6 aromatic rings. The number of ether oxygens (including phenoxy) is 1. The van der Waals surface area contributed by atoms with Gasteiger partial charge in [-0.25, -0.2) is 0 Å². The zero-order valence-electron chi connectivity index (χ0n) is 17.2. The highest BCUT2D eigenvalue weighted by Crippen LogP contribution is 2.42. The molecule has 0 aliphatic heterocycles. The molecular weight excluding hydrogens is 378 g/mol. The maximum absolute atomic E-state index is 5.50. The average Bonchev–Trinajstić information content (AvgIpc) is 3.23. The lowest BCUT2D eigenvalue weighted by molar-refractivity contribution is 0.415. The second kappa shape index (κ2) is 7.03. The van der Waals surface area contributed by atoms with E-state index in [1.807, 2.05) is 6.07 Å². The molecule has 0 saturated heterocycles. The summed E-state index contributed by atoms with van der Waals surface area (Å²) in [5.74, 6) is 0.872. The molecule has 31 heavy (non-hydrogen) atoms. The Morgan fingerprint density at radius 2 is 1.23 bits per heavy atom. The molecule has 6 rings (SSSR count). The molecule has 0 atom stereocenters. The van der Waals surface area contributed by atoms with E-state index in [0.29, 0.717) is 0 Å². The number of nitrogens with zero attached hydrogens (tertiary/aromatic N) is 1. The van der Waals surface area contributed by atoms with Crippen molar-refractivity contribution in [3.63, 3.8) is 0 Å². The van der Waals surface area contributed by atoms with Crippen LogP contribution in [0.5, 0.6) is 5.75 Å². The second-order valence-corrected chi connectivity index (χ2v) is 7.79. The zero-order valence-corrected chi connectivity index (χ0v) is 17.2. The lowest BCUT2D eigenvalue weighted by Gasteiger charge is -2.18. The SMILES string of the molecule is COc1ccc2c(c1)cc1c3ccccc3c(-c3ccccc3)c(-c3ccccc3)n21. The summed E-state index contributed by atoms with van der Waals surface area (Å²) in [4.78, 5) is 0. The highest BCUT2D eigenvalue weighted by Gasteiger charge is 2.19. The standard InChI is InChI=1S/C29H21NO/c1-31-23-16-17-26-22(18-23)19-27-24-14-8-9-15-25(24)28(20-10-4-2-5-11-20)29(30(26)27)21-12-6-3-7-13-21/h2-19H,1H3. The van der Waals surface area contributed by atoms with E-state index >= 15 is 0 Å². The summed E-state index contributed by atoms with van der Waals surface area (Å²) in [6.45, 7) is 0. The minimum absolute atomic E-state index is 0.872. The third-order valence-corrected chi connectivity index (χ3v) is 6.05. The molecule has 0 aliphatic rings. The molecule has 0 fully saturated rings. The lowest BCUT2D eigenvalue weighted by atomic mass is 9.93. The maximum Gasteiger partial charge on any atom is 0.119 e. The zero-order chi connectivity index (χ0) is 20.8. The summed E-state index contributed by atoms with van der Waals surface area (Å²) in [7, 11) is 1.72. The molecule has 0 spiro atoms. The van der Waals surface area contributed by atoms with Gasteiger partial charge in [0.2, 0.25) is 0 Å². The Morgan fingerprint density at radius 1 is 0.581 bits per heavy atom. The van der Waals surface area contributed by atoms with Gasteiger partial charge in [-0.05, 0) is 40.8 Å². The Morgan fingerprint density at radius 3 is 1.94 bits per heavy atom. The van der Waals surface area contributed by atoms with Crippen LogP contribution in [-0.2, 0) is 0 Å². The van der Waals surface area contributed by atoms with Gasteiger partial charge in [-0.15, -0.1) is 0 Å². The minimum Gasteiger partial charge on any atom is -0.497 e. The van der Waals surface area contributed by atoms with Crippen LogP contribution in [0.25, 0.3) is 49.6 Å². The van der Waals surface area contributed by atoms with Crippen molar-refractivity contribution >= 4 is 27.2 Å². The Bertz CT molecular complexity index is 1550. The van der Waals surface area contributed by atoms with Crippen LogP contribution in [0.3, 0.4) is 0 Å². The van der Waals surface area contributed by atoms with Crippen LogP contribution >= 0.6 is 0 Å². The van der Waals surface area contributed by atoms with Gasteiger partial charge in [-0.2, -0.15) is 0 Å². The van der Waals surface area contributed by atoms with E-state index in [-0.39, 0.29) is 0 Å². The fourth-order valence-electron chi connectivity index (χ4n) is 4.69. The summed E-state index contributed by atoms with van der Waals surface area (Å²) in [6.07, 6.45) is 0. The summed E-state index contributed by atoms with van der Waals surface area (Å²) < 4.78 is 7.92. The van der Waals surface area contributed by atoms with Gasteiger partial charge < -0.3 is 9.14 Å². The van der Waals surface area contributed by atoms with E-state index in [0.717, 1.165) is 5.75 Å². The number of benzene rings is 4. The molecule has 0 bridgehead atoms. The van der Waals surface area contributed by atoms with Gasteiger partial charge in [0.25, 0.3) is 0 Å². The third kappa shape index (κ3) is 2.72. The Balaban J connectivity index is 1.90. The maximum atomic E-state index is 5.50. The topological polar surface area (TPSA) is 13.6 Å². The molecular formula is C29H21NO. The molecule has 4 aromatic carbocycles. The molecule has 148 valence electrons. The first kappa shape index (κ1) is 17.8. The fraction of sp³-hybridized carbons (Fsp3) is 0.0345. The van der Waals surface area contributed by atoms with Crippen LogP contribution in [0.2, 0.25) is 0 Å². The molecule has 0 unspecified atom stereocenters. The first-order valence-electron chi connectivity index (χ1n) is 10.5. The molecule has 0 amide bonds. The van der Waals surface area contributed by atoms with E-state index in [9.17, 15) is 0 Å². The van der Waals surface area contributed by atoms with Crippen molar-refractivity contribution in [2.45, 2.75) is 0 Å². The molecule has 2 heteroatoms. The van der Waals surface area contributed by atoms with Crippen molar-refractivity contribution in [1.29, 1.82) is 0 Å². The first-order valence-corrected chi connectivity index (χ1v) is 10.5. The minimum atomic E-state index is 0.872. The van der Waals surface area contributed by atoms with Crippen molar-refractivity contribution in [3.8, 4) is 28.1 Å². The van der Waals surface area contributed by atoms with E-state index in [1.165, 1.54) is 49.6 Å². The van der Waals surface area contributed by atoms with Crippen LogP contribution < -0.4 is 4.74 Å². The summed E-state index contributed by atoms with van der Waals surface area (Å²) in [5.41, 5.74) is 7.26. The monoisotopic (exact) mass is 399 g/mol. The normalized spacial score (nSPS) is 11.4. The van der Waals surface area contributed by atoms with Gasteiger partial charge in [0.05, 0.1) is 23.8 Å². The molecule has 0 N–H and O–H groups in total. The predicted octanol–water partition coefficient (Wildman–Crippen LogP) is 7.59. The number of pyridine rings is 1. The van der Waals surface area contributed by atoms with Crippen molar-refractivity contribution in [3.05, 3.63) is 109 Å². The van der Waals surface area contributed by atoms with E-state index < -0.39 is 0 Å². The van der Waals surface area contributed by atoms with E-state index in [4.69, 9.17) is 4.74 Å². The fourth-order valence-corrected chi connectivity index (χ4v) is 4.69. The van der Waals surface area contributed by atoms with Gasteiger partial charge in [0, 0.05) is 16.3 Å². The molecule has 2 aromatic heterocycles. The smallest absolute Gasteiger partial charge is 0.119 e. The Hall–Kier alpha value is -4.04. The van der Waals surface area contributed by atoms with Crippen LogP contribution in [0.4, 0.5) is 0 Å². The third-order valence-electron chi connectivity index (χ3n) is 6.05. The Labute approximate surface area is 181 Å². The number of rotatable bonds is 3. The van der Waals surface area contributed by atoms with Gasteiger partial charge in [0.1, 0.15) is 5.75 Å². The van der Waals surface area contributed by atoms with Crippen LogP contribution in [0.1, 0.15) is 0 Å². The largest absolute Gasteiger partial charge is 0.497 e. The summed E-state index contributed by atoms with van der Waals surface area (Å²) >= 11 is 0. The second-order valence-electron chi connectivity index (χ2n) is 7.79. The number of hydrogen-bond acceptors (Lipinski definition) is 1. The van der Waals surface area contributed by atoms with Crippen molar-refractivity contribution in [2.24, 2.45) is 0 Å². The lowest BCUT2D eigenvalue weighted by Crippen LogP contribution is -1.98. The highest BCUT2D eigenvalue weighted by atomic mass is 16.5. The predicted molar refractivity (Wildman–Crippen MR) is 130 cm³/mol. The molecule has 0 radical (unpaired) electrons. The molecule has 0 saturated carbocycles. The van der Waals surface area contributed by atoms with E-state index in [2.05, 4.69) is 108 Å².